The zero-order valence-electron chi connectivity index (χ0n) is 13.0. The van der Waals surface area contributed by atoms with Crippen LogP contribution >= 0.6 is 11.6 Å². The lowest BCUT2D eigenvalue weighted by Crippen LogP contribution is -2.34. The van der Waals surface area contributed by atoms with Gasteiger partial charge in [0.1, 0.15) is 5.82 Å². The first-order valence-corrected chi connectivity index (χ1v) is 8.24. The molecule has 1 saturated heterocycles. The Balaban J connectivity index is 1.66. The Morgan fingerprint density at radius 2 is 1.91 bits per heavy atom. The van der Waals surface area contributed by atoms with E-state index in [9.17, 15) is 0 Å². The summed E-state index contributed by atoms with van der Waals surface area (Å²) in [7, 11) is 0. The number of benzene rings is 1. The second-order valence-corrected chi connectivity index (χ2v) is 6.35. The highest BCUT2D eigenvalue weighted by molar-refractivity contribution is 6.30. The Hall–Kier alpha value is -1.58. The van der Waals surface area contributed by atoms with E-state index in [1.54, 1.807) is 6.20 Å². The molecule has 3 nitrogen and oxygen atoms in total. The van der Waals surface area contributed by atoms with Crippen LogP contribution in [0, 0.1) is 0 Å². The Labute approximate surface area is 137 Å². The fourth-order valence-corrected chi connectivity index (χ4v) is 3.06. The van der Waals surface area contributed by atoms with E-state index in [0.29, 0.717) is 11.1 Å². The van der Waals surface area contributed by atoms with Crippen molar-refractivity contribution in [2.45, 2.75) is 25.9 Å². The van der Waals surface area contributed by atoms with Gasteiger partial charge in [0.15, 0.2) is 0 Å². The first-order chi connectivity index (χ1) is 10.7. The predicted molar refractivity (Wildman–Crippen MR) is 92.4 cm³/mol. The molecule has 3 rings (SSSR count). The first kappa shape index (κ1) is 15.3. The minimum absolute atomic E-state index is 0.581. The number of pyridine rings is 1. The fourth-order valence-electron chi connectivity index (χ4n) is 2.94. The van der Waals surface area contributed by atoms with E-state index in [1.807, 2.05) is 12.1 Å². The smallest absolute Gasteiger partial charge is 0.128 e. The van der Waals surface area contributed by atoms with Crippen LogP contribution in [-0.2, 0) is 6.54 Å². The van der Waals surface area contributed by atoms with Crippen molar-refractivity contribution in [3.63, 3.8) is 0 Å². The van der Waals surface area contributed by atoms with Gasteiger partial charge < -0.3 is 4.90 Å². The molecule has 2 aromatic rings. The molecular formula is C18H22ClN3. The molecule has 0 N–H and O–H groups in total. The van der Waals surface area contributed by atoms with E-state index in [4.69, 9.17) is 11.6 Å². The molecule has 0 aliphatic carbocycles. The van der Waals surface area contributed by atoms with Crippen LogP contribution in [0.15, 0.2) is 48.7 Å². The molecule has 116 valence electrons. The molecule has 1 aromatic heterocycles. The van der Waals surface area contributed by atoms with E-state index < -0.39 is 0 Å². The van der Waals surface area contributed by atoms with Gasteiger partial charge in [-0.05, 0) is 31.0 Å². The van der Waals surface area contributed by atoms with Crippen molar-refractivity contribution < 1.29 is 0 Å². The summed E-state index contributed by atoms with van der Waals surface area (Å²) in [6.45, 7) is 6.44. The lowest BCUT2D eigenvalue weighted by molar-refractivity contribution is 0.212. The normalized spacial score (nSPS) is 19.9. The van der Waals surface area contributed by atoms with Gasteiger partial charge in [0.05, 0.1) is 5.02 Å². The summed E-state index contributed by atoms with van der Waals surface area (Å²) in [4.78, 5) is 9.37. The van der Waals surface area contributed by atoms with Crippen molar-refractivity contribution in [3.8, 4) is 0 Å². The zero-order chi connectivity index (χ0) is 15.4. The molecule has 1 aliphatic heterocycles. The second kappa shape index (κ2) is 7.12. The summed E-state index contributed by atoms with van der Waals surface area (Å²) in [5.74, 6) is 1.03. The van der Waals surface area contributed by atoms with Gasteiger partial charge in [0.25, 0.3) is 0 Å². The standard InChI is InChI=1S/C18H22ClN3/c1-15-9-10-21(18-8-7-17(19)13-20-18)11-12-22(15)14-16-5-3-2-4-6-16/h2-8,13,15H,9-12,14H2,1H3. The quantitative estimate of drug-likeness (QED) is 0.858. The maximum atomic E-state index is 5.93. The van der Waals surface area contributed by atoms with Gasteiger partial charge in [0, 0.05) is 38.4 Å². The van der Waals surface area contributed by atoms with Crippen LogP contribution in [0.2, 0.25) is 5.02 Å². The maximum absolute atomic E-state index is 5.93. The topological polar surface area (TPSA) is 19.4 Å². The molecule has 0 bridgehead atoms. The third-order valence-electron chi connectivity index (χ3n) is 4.36. The lowest BCUT2D eigenvalue weighted by Gasteiger charge is -2.26. The highest BCUT2D eigenvalue weighted by atomic mass is 35.5. The Morgan fingerprint density at radius 3 is 2.64 bits per heavy atom. The number of anilines is 1. The molecule has 1 unspecified atom stereocenters. The number of rotatable bonds is 3. The first-order valence-electron chi connectivity index (χ1n) is 7.87. The van der Waals surface area contributed by atoms with E-state index in [2.05, 4.69) is 52.0 Å². The largest absolute Gasteiger partial charge is 0.355 e. The van der Waals surface area contributed by atoms with Crippen LogP contribution in [0.5, 0.6) is 0 Å². The molecule has 0 amide bonds. The van der Waals surface area contributed by atoms with Crippen LogP contribution in [0.3, 0.4) is 0 Å². The van der Waals surface area contributed by atoms with Crippen molar-refractivity contribution in [1.82, 2.24) is 9.88 Å². The molecule has 0 radical (unpaired) electrons. The summed E-state index contributed by atoms with van der Waals surface area (Å²) in [5, 5.41) is 0.692. The molecule has 1 atom stereocenters. The lowest BCUT2D eigenvalue weighted by atomic mass is 10.1. The van der Waals surface area contributed by atoms with Crippen molar-refractivity contribution in [1.29, 1.82) is 0 Å². The van der Waals surface area contributed by atoms with Gasteiger partial charge in [-0.15, -0.1) is 0 Å². The summed E-state index contributed by atoms with van der Waals surface area (Å²) < 4.78 is 0. The molecular weight excluding hydrogens is 294 g/mol. The molecule has 0 saturated carbocycles. The van der Waals surface area contributed by atoms with Crippen LogP contribution in [0.4, 0.5) is 5.82 Å². The van der Waals surface area contributed by atoms with Crippen LogP contribution < -0.4 is 4.90 Å². The van der Waals surface area contributed by atoms with E-state index in [1.165, 1.54) is 5.56 Å². The maximum Gasteiger partial charge on any atom is 0.128 e. The zero-order valence-corrected chi connectivity index (χ0v) is 13.7. The molecule has 1 aromatic carbocycles. The molecule has 2 heterocycles. The Kier molecular flexibility index (Phi) is 4.96. The van der Waals surface area contributed by atoms with Gasteiger partial charge in [-0.25, -0.2) is 4.98 Å². The number of nitrogens with zero attached hydrogens (tertiary/aromatic N) is 3. The van der Waals surface area contributed by atoms with Crippen molar-refractivity contribution in [2.24, 2.45) is 0 Å². The number of hydrogen-bond donors (Lipinski definition) is 0. The Bertz CT molecular complexity index is 585. The molecule has 22 heavy (non-hydrogen) atoms. The molecule has 4 heteroatoms. The molecule has 1 fully saturated rings. The third kappa shape index (κ3) is 3.79. The highest BCUT2D eigenvalue weighted by Crippen LogP contribution is 2.19. The SMILES string of the molecule is CC1CCN(c2ccc(Cl)cn2)CCN1Cc1ccccc1. The molecule has 1 aliphatic rings. The van der Waals surface area contributed by atoms with Crippen molar-refractivity contribution in [2.75, 3.05) is 24.5 Å². The summed E-state index contributed by atoms with van der Waals surface area (Å²) in [5.41, 5.74) is 1.38. The summed E-state index contributed by atoms with van der Waals surface area (Å²) in [6, 6.07) is 15.2. The van der Waals surface area contributed by atoms with Gasteiger partial charge in [-0.3, -0.25) is 4.90 Å². The van der Waals surface area contributed by atoms with Crippen molar-refractivity contribution >= 4 is 17.4 Å². The van der Waals surface area contributed by atoms with E-state index in [0.717, 1.165) is 38.4 Å². The number of halogens is 1. The van der Waals surface area contributed by atoms with Crippen molar-refractivity contribution in [3.05, 3.63) is 59.2 Å². The van der Waals surface area contributed by atoms with Gasteiger partial charge in [-0.2, -0.15) is 0 Å². The van der Waals surface area contributed by atoms with Gasteiger partial charge in [-0.1, -0.05) is 41.9 Å². The highest BCUT2D eigenvalue weighted by Gasteiger charge is 2.21. The van der Waals surface area contributed by atoms with Gasteiger partial charge in [0.2, 0.25) is 0 Å². The minimum Gasteiger partial charge on any atom is -0.355 e. The van der Waals surface area contributed by atoms with Gasteiger partial charge >= 0.3 is 0 Å². The second-order valence-electron chi connectivity index (χ2n) is 5.92. The summed E-state index contributed by atoms with van der Waals surface area (Å²) in [6.07, 6.45) is 2.88. The average molecular weight is 316 g/mol. The monoisotopic (exact) mass is 315 g/mol. The van der Waals surface area contributed by atoms with E-state index >= 15 is 0 Å². The number of aromatic nitrogens is 1. The van der Waals surface area contributed by atoms with Crippen LogP contribution in [-0.4, -0.2) is 35.6 Å². The number of hydrogen-bond acceptors (Lipinski definition) is 3. The summed E-state index contributed by atoms with van der Waals surface area (Å²) >= 11 is 5.93. The molecule has 0 spiro atoms. The average Bonchev–Trinajstić information content (AvgIpc) is 2.72. The van der Waals surface area contributed by atoms with Crippen LogP contribution in [0.1, 0.15) is 18.9 Å². The van der Waals surface area contributed by atoms with Crippen LogP contribution in [0.25, 0.3) is 0 Å². The fraction of sp³-hybridized carbons (Fsp3) is 0.389. The minimum atomic E-state index is 0.581. The van der Waals surface area contributed by atoms with E-state index in [-0.39, 0.29) is 0 Å². The predicted octanol–water partition coefficient (Wildman–Crippen LogP) is 3.84. The third-order valence-corrected chi connectivity index (χ3v) is 4.59. The Morgan fingerprint density at radius 1 is 1.09 bits per heavy atom.